The Labute approximate surface area is 173 Å². The molecule has 2 aromatic heterocycles. The minimum Gasteiger partial charge on any atom is -0.352 e. The molecule has 0 N–H and O–H groups in total. The highest BCUT2D eigenvalue weighted by atomic mass is 35.5. The van der Waals surface area contributed by atoms with Gasteiger partial charge in [-0.15, -0.1) is 11.3 Å². The predicted molar refractivity (Wildman–Crippen MR) is 114 cm³/mol. The average molecular weight is 413 g/mol. The topological polar surface area (TPSA) is 49.3 Å². The number of amides is 1. The molecular weight excluding hydrogens is 392 g/mol. The van der Waals surface area contributed by atoms with Crippen molar-refractivity contribution in [3.05, 3.63) is 39.7 Å². The Hall–Kier alpha value is -2.18. The van der Waals surface area contributed by atoms with Gasteiger partial charge in [0.25, 0.3) is 0 Å². The second kappa shape index (κ2) is 7.01. The Balaban J connectivity index is 1.61. The molecule has 0 atom stereocenters. The summed E-state index contributed by atoms with van der Waals surface area (Å²) in [7, 11) is 0. The number of anilines is 1. The Morgan fingerprint density at radius 2 is 1.82 bits per heavy atom. The lowest BCUT2D eigenvalue weighted by atomic mass is 10.1. The first-order valence-corrected chi connectivity index (χ1v) is 10.9. The highest BCUT2D eigenvalue weighted by molar-refractivity contribution is 7.19. The molecule has 1 aliphatic carbocycles. The summed E-state index contributed by atoms with van der Waals surface area (Å²) in [6.07, 6.45) is 3.47. The summed E-state index contributed by atoms with van der Waals surface area (Å²) in [5.41, 5.74) is 2.41. The number of nitrogens with zero attached hydrogens (tertiary/aromatic N) is 4. The van der Waals surface area contributed by atoms with Crippen molar-refractivity contribution in [1.82, 2.24) is 14.9 Å². The molecule has 0 bridgehead atoms. The number of carbonyl (C=O) groups excluding carboxylic acids is 1. The summed E-state index contributed by atoms with van der Waals surface area (Å²) in [4.78, 5) is 28.4. The average Bonchev–Trinajstić information content (AvgIpc) is 3.29. The van der Waals surface area contributed by atoms with Gasteiger partial charge >= 0.3 is 0 Å². The minimum absolute atomic E-state index is 0.144. The van der Waals surface area contributed by atoms with Gasteiger partial charge in [0.1, 0.15) is 10.6 Å². The number of halogens is 1. The van der Waals surface area contributed by atoms with Gasteiger partial charge in [0.15, 0.2) is 5.82 Å². The molecule has 2 aliphatic rings. The van der Waals surface area contributed by atoms with Crippen molar-refractivity contribution in [2.75, 3.05) is 31.1 Å². The molecule has 0 saturated carbocycles. The third-order valence-corrected chi connectivity index (χ3v) is 7.11. The maximum absolute atomic E-state index is 11.7. The largest absolute Gasteiger partial charge is 0.352 e. The van der Waals surface area contributed by atoms with E-state index in [9.17, 15) is 4.79 Å². The van der Waals surface area contributed by atoms with E-state index in [0.717, 1.165) is 61.1 Å². The molecule has 1 saturated heterocycles. The Morgan fingerprint density at radius 1 is 1.07 bits per heavy atom. The summed E-state index contributed by atoms with van der Waals surface area (Å²) < 4.78 is 0. The highest BCUT2D eigenvalue weighted by Gasteiger charge is 2.27. The molecule has 144 valence electrons. The van der Waals surface area contributed by atoms with Crippen LogP contribution in [-0.4, -0.2) is 47.0 Å². The van der Waals surface area contributed by atoms with E-state index in [0.29, 0.717) is 5.02 Å². The predicted octanol–water partition coefficient (Wildman–Crippen LogP) is 4.17. The third-order valence-electron chi connectivity index (χ3n) is 5.67. The lowest BCUT2D eigenvalue weighted by Crippen LogP contribution is -2.48. The molecule has 0 spiro atoms. The molecule has 1 amide bonds. The van der Waals surface area contributed by atoms with E-state index in [2.05, 4.69) is 4.90 Å². The molecule has 3 aromatic rings. The van der Waals surface area contributed by atoms with Crippen LogP contribution in [0.5, 0.6) is 0 Å². The van der Waals surface area contributed by atoms with Crippen LogP contribution in [0.3, 0.4) is 0 Å². The second-order valence-electron chi connectivity index (χ2n) is 7.41. The van der Waals surface area contributed by atoms with E-state index in [1.165, 1.54) is 22.2 Å². The quantitative estimate of drug-likeness (QED) is 0.633. The second-order valence-corrected chi connectivity index (χ2v) is 8.93. The van der Waals surface area contributed by atoms with Gasteiger partial charge in [-0.1, -0.05) is 11.6 Å². The molecule has 1 aliphatic heterocycles. The molecule has 1 fully saturated rings. The van der Waals surface area contributed by atoms with Crippen molar-refractivity contribution >= 4 is 44.9 Å². The summed E-state index contributed by atoms with van der Waals surface area (Å²) in [5.74, 6) is 1.91. The lowest BCUT2D eigenvalue weighted by molar-refractivity contribution is -0.129. The number of hydrogen-bond donors (Lipinski definition) is 0. The summed E-state index contributed by atoms with van der Waals surface area (Å²) in [5, 5.41) is 1.94. The number of fused-ring (bicyclic) bond motifs is 3. The number of carbonyl (C=O) groups is 1. The zero-order valence-corrected chi connectivity index (χ0v) is 17.3. The third kappa shape index (κ3) is 3.05. The first kappa shape index (κ1) is 17.9. The first-order valence-electron chi connectivity index (χ1n) is 9.69. The van der Waals surface area contributed by atoms with Crippen LogP contribution in [0.1, 0.15) is 23.8 Å². The van der Waals surface area contributed by atoms with Gasteiger partial charge in [-0.3, -0.25) is 4.79 Å². The smallest absolute Gasteiger partial charge is 0.219 e. The molecule has 0 unspecified atom stereocenters. The van der Waals surface area contributed by atoms with E-state index >= 15 is 0 Å². The number of thiophene rings is 1. The summed E-state index contributed by atoms with van der Waals surface area (Å²) in [6.45, 7) is 4.72. The van der Waals surface area contributed by atoms with Crippen LogP contribution < -0.4 is 4.90 Å². The standard InChI is InChI=1S/C21H21ClN4OS/c1-13(27)25-9-11-26(12-10-25)20-18-16-3-2-4-17(16)28-21(18)24-19(23-20)14-5-7-15(22)8-6-14/h5-8H,2-4,9-12H2,1H3. The molecule has 5 rings (SSSR count). The van der Waals surface area contributed by atoms with Gasteiger partial charge in [0.2, 0.25) is 5.91 Å². The zero-order valence-electron chi connectivity index (χ0n) is 15.7. The SMILES string of the molecule is CC(=O)N1CCN(c2nc(-c3ccc(Cl)cc3)nc3sc4c(c23)CCC4)CC1. The van der Waals surface area contributed by atoms with Crippen molar-refractivity contribution in [3.8, 4) is 11.4 Å². The van der Waals surface area contributed by atoms with Gasteiger partial charge in [-0.2, -0.15) is 0 Å². The van der Waals surface area contributed by atoms with Crippen molar-refractivity contribution in [2.45, 2.75) is 26.2 Å². The molecule has 5 nitrogen and oxygen atoms in total. The summed E-state index contributed by atoms with van der Waals surface area (Å²) >= 11 is 7.87. The monoisotopic (exact) mass is 412 g/mol. The van der Waals surface area contributed by atoms with Crippen LogP contribution in [0.15, 0.2) is 24.3 Å². The van der Waals surface area contributed by atoms with Crippen LogP contribution in [0.25, 0.3) is 21.6 Å². The van der Waals surface area contributed by atoms with Crippen LogP contribution in [0, 0.1) is 0 Å². The highest BCUT2D eigenvalue weighted by Crippen LogP contribution is 2.41. The first-order chi connectivity index (χ1) is 13.6. The molecule has 0 radical (unpaired) electrons. The minimum atomic E-state index is 0.144. The molecule has 7 heteroatoms. The van der Waals surface area contributed by atoms with Gasteiger partial charge in [0.05, 0.1) is 5.39 Å². The van der Waals surface area contributed by atoms with Crippen molar-refractivity contribution in [3.63, 3.8) is 0 Å². The van der Waals surface area contributed by atoms with Gasteiger partial charge < -0.3 is 9.80 Å². The van der Waals surface area contributed by atoms with Crippen LogP contribution in [0.2, 0.25) is 5.02 Å². The van der Waals surface area contributed by atoms with E-state index in [1.54, 1.807) is 6.92 Å². The molecule has 28 heavy (non-hydrogen) atoms. The number of benzene rings is 1. The van der Waals surface area contributed by atoms with E-state index in [1.807, 2.05) is 40.5 Å². The van der Waals surface area contributed by atoms with Crippen LogP contribution in [-0.2, 0) is 17.6 Å². The Kier molecular flexibility index (Phi) is 4.48. The van der Waals surface area contributed by atoms with Crippen molar-refractivity contribution in [2.24, 2.45) is 0 Å². The summed E-state index contributed by atoms with van der Waals surface area (Å²) in [6, 6.07) is 7.71. The Bertz CT molecular complexity index is 1050. The fourth-order valence-corrected chi connectivity index (χ4v) is 5.55. The number of piperazine rings is 1. The number of hydrogen-bond acceptors (Lipinski definition) is 5. The fraction of sp³-hybridized carbons (Fsp3) is 0.381. The van der Waals surface area contributed by atoms with Gasteiger partial charge in [-0.25, -0.2) is 9.97 Å². The van der Waals surface area contributed by atoms with E-state index < -0.39 is 0 Å². The number of rotatable bonds is 2. The zero-order chi connectivity index (χ0) is 19.3. The van der Waals surface area contributed by atoms with Crippen molar-refractivity contribution < 1.29 is 4.79 Å². The van der Waals surface area contributed by atoms with E-state index in [4.69, 9.17) is 21.6 Å². The number of aromatic nitrogens is 2. The van der Waals surface area contributed by atoms with Gasteiger partial charge in [0, 0.05) is 48.6 Å². The maximum atomic E-state index is 11.7. The van der Waals surface area contributed by atoms with Crippen molar-refractivity contribution in [1.29, 1.82) is 0 Å². The van der Waals surface area contributed by atoms with Crippen LogP contribution >= 0.6 is 22.9 Å². The normalized spacial score (nSPS) is 16.6. The molecule has 1 aromatic carbocycles. The fourth-order valence-electron chi connectivity index (χ4n) is 4.17. The van der Waals surface area contributed by atoms with Gasteiger partial charge in [-0.05, 0) is 49.1 Å². The molecular formula is C21H21ClN4OS. The molecule has 3 heterocycles. The maximum Gasteiger partial charge on any atom is 0.219 e. The van der Waals surface area contributed by atoms with Crippen LogP contribution in [0.4, 0.5) is 5.82 Å². The Morgan fingerprint density at radius 3 is 2.54 bits per heavy atom. The van der Waals surface area contributed by atoms with E-state index in [-0.39, 0.29) is 5.91 Å². The lowest BCUT2D eigenvalue weighted by Gasteiger charge is -2.35. The number of aryl methyl sites for hydroxylation is 2.